The fraction of sp³-hybridized carbons (Fsp3) is 0.125. The molecule has 5 nitrogen and oxygen atoms in total. The molecule has 3 aromatic rings. The summed E-state index contributed by atoms with van der Waals surface area (Å²) in [6, 6.07) is 13.4. The standard InChI is InChI=1S/C16H16N4O/c1-11-9-14(21-2)7-8-15(11)16-10-20(19-18-16)13-5-3-12(17)4-6-13/h3-10H,17H2,1-2H3. The van der Waals surface area contributed by atoms with Gasteiger partial charge in [0, 0.05) is 11.3 Å². The first-order valence-corrected chi connectivity index (χ1v) is 6.60. The zero-order chi connectivity index (χ0) is 14.8. The van der Waals surface area contributed by atoms with Crippen molar-refractivity contribution in [3.8, 4) is 22.7 Å². The normalized spacial score (nSPS) is 10.6. The van der Waals surface area contributed by atoms with Crippen LogP contribution in [0.4, 0.5) is 5.69 Å². The van der Waals surface area contributed by atoms with Gasteiger partial charge in [0.05, 0.1) is 19.0 Å². The fourth-order valence-corrected chi connectivity index (χ4v) is 2.19. The molecule has 0 unspecified atom stereocenters. The zero-order valence-corrected chi connectivity index (χ0v) is 11.9. The molecule has 0 saturated heterocycles. The predicted octanol–water partition coefficient (Wildman–Crippen LogP) is 2.83. The van der Waals surface area contributed by atoms with E-state index in [1.165, 1.54) is 0 Å². The fourth-order valence-electron chi connectivity index (χ4n) is 2.19. The number of aromatic nitrogens is 3. The van der Waals surface area contributed by atoms with Gasteiger partial charge in [-0.25, -0.2) is 4.68 Å². The number of nitrogens with two attached hydrogens (primary N) is 1. The molecule has 0 aliphatic heterocycles. The van der Waals surface area contributed by atoms with Gasteiger partial charge in [0.1, 0.15) is 11.4 Å². The lowest BCUT2D eigenvalue weighted by molar-refractivity contribution is 0.414. The van der Waals surface area contributed by atoms with Crippen molar-refractivity contribution in [3.63, 3.8) is 0 Å². The summed E-state index contributed by atoms with van der Waals surface area (Å²) in [5.41, 5.74) is 10.3. The first kappa shape index (κ1) is 13.2. The number of ether oxygens (including phenoxy) is 1. The minimum absolute atomic E-state index is 0.727. The summed E-state index contributed by atoms with van der Waals surface area (Å²) in [6.45, 7) is 2.03. The maximum absolute atomic E-state index is 5.69. The summed E-state index contributed by atoms with van der Waals surface area (Å²) < 4.78 is 6.95. The van der Waals surface area contributed by atoms with Crippen LogP contribution in [0.25, 0.3) is 16.9 Å². The number of benzene rings is 2. The second-order valence-corrected chi connectivity index (χ2v) is 4.82. The third kappa shape index (κ3) is 2.58. The van der Waals surface area contributed by atoms with Crippen molar-refractivity contribution in [2.24, 2.45) is 0 Å². The Morgan fingerprint density at radius 1 is 1.10 bits per heavy atom. The second-order valence-electron chi connectivity index (χ2n) is 4.82. The van der Waals surface area contributed by atoms with Crippen LogP contribution in [0.5, 0.6) is 5.75 Å². The molecule has 0 bridgehead atoms. The minimum Gasteiger partial charge on any atom is -0.497 e. The molecule has 5 heteroatoms. The Bertz CT molecular complexity index is 762. The van der Waals surface area contributed by atoms with E-state index in [1.54, 1.807) is 11.8 Å². The highest BCUT2D eigenvalue weighted by Gasteiger charge is 2.08. The summed E-state index contributed by atoms with van der Waals surface area (Å²) in [5.74, 6) is 0.835. The van der Waals surface area contributed by atoms with Gasteiger partial charge < -0.3 is 10.5 Å². The molecule has 3 rings (SSSR count). The average molecular weight is 280 g/mol. The molecular formula is C16H16N4O. The zero-order valence-electron chi connectivity index (χ0n) is 11.9. The molecule has 0 radical (unpaired) electrons. The molecule has 0 spiro atoms. The summed E-state index contributed by atoms with van der Waals surface area (Å²) in [5, 5.41) is 8.41. The summed E-state index contributed by atoms with van der Waals surface area (Å²) in [4.78, 5) is 0. The predicted molar refractivity (Wildman–Crippen MR) is 82.5 cm³/mol. The van der Waals surface area contributed by atoms with Gasteiger partial charge in [0.25, 0.3) is 0 Å². The van der Waals surface area contributed by atoms with Gasteiger partial charge in [-0.05, 0) is 55.0 Å². The quantitative estimate of drug-likeness (QED) is 0.749. The minimum atomic E-state index is 0.727. The SMILES string of the molecule is COc1ccc(-c2cn(-c3ccc(N)cc3)nn2)c(C)c1. The van der Waals surface area contributed by atoms with Crippen LogP contribution in [0.2, 0.25) is 0 Å². The molecule has 0 aliphatic carbocycles. The highest BCUT2D eigenvalue weighted by molar-refractivity contribution is 5.64. The monoisotopic (exact) mass is 280 g/mol. The van der Waals surface area contributed by atoms with E-state index in [0.717, 1.165) is 33.9 Å². The summed E-state index contributed by atoms with van der Waals surface area (Å²) in [7, 11) is 1.66. The van der Waals surface area contributed by atoms with Crippen LogP contribution in [0.15, 0.2) is 48.7 Å². The van der Waals surface area contributed by atoms with E-state index in [0.29, 0.717) is 0 Å². The smallest absolute Gasteiger partial charge is 0.119 e. The topological polar surface area (TPSA) is 66.0 Å². The van der Waals surface area contributed by atoms with E-state index in [1.807, 2.05) is 55.6 Å². The number of nitrogens with zero attached hydrogens (tertiary/aromatic N) is 3. The van der Waals surface area contributed by atoms with Crippen LogP contribution < -0.4 is 10.5 Å². The Labute approximate surface area is 123 Å². The highest BCUT2D eigenvalue weighted by Crippen LogP contribution is 2.25. The third-order valence-corrected chi connectivity index (χ3v) is 3.36. The maximum Gasteiger partial charge on any atom is 0.119 e. The van der Waals surface area contributed by atoms with Crippen LogP contribution in [0.3, 0.4) is 0 Å². The number of nitrogen functional groups attached to an aromatic ring is 1. The van der Waals surface area contributed by atoms with Gasteiger partial charge in [-0.2, -0.15) is 0 Å². The molecular weight excluding hydrogens is 264 g/mol. The van der Waals surface area contributed by atoms with Crippen LogP contribution in [0, 0.1) is 6.92 Å². The summed E-state index contributed by atoms with van der Waals surface area (Å²) >= 11 is 0. The van der Waals surface area contributed by atoms with Crippen molar-refractivity contribution in [2.45, 2.75) is 6.92 Å². The van der Waals surface area contributed by atoms with Crippen molar-refractivity contribution in [1.29, 1.82) is 0 Å². The number of hydrogen-bond donors (Lipinski definition) is 1. The Kier molecular flexibility index (Phi) is 3.31. The van der Waals surface area contributed by atoms with E-state index in [9.17, 15) is 0 Å². The Hall–Kier alpha value is -2.82. The number of rotatable bonds is 3. The highest BCUT2D eigenvalue weighted by atomic mass is 16.5. The third-order valence-electron chi connectivity index (χ3n) is 3.36. The molecule has 1 aromatic heterocycles. The van der Waals surface area contributed by atoms with E-state index >= 15 is 0 Å². The van der Waals surface area contributed by atoms with Crippen LogP contribution in [0.1, 0.15) is 5.56 Å². The number of methoxy groups -OCH3 is 1. The number of hydrogen-bond acceptors (Lipinski definition) is 4. The van der Waals surface area contributed by atoms with Crippen molar-refractivity contribution < 1.29 is 4.74 Å². The van der Waals surface area contributed by atoms with Crippen LogP contribution >= 0.6 is 0 Å². The molecule has 21 heavy (non-hydrogen) atoms. The van der Waals surface area contributed by atoms with Gasteiger partial charge in [0.15, 0.2) is 0 Å². The number of anilines is 1. The van der Waals surface area contributed by atoms with E-state index in [2.05, 4.69) is 10.3 Å². The largest absolute Gasteiger partial charge is 0.497 e. The Morgan fingerprint density at radius 3 is 2.52 bits per heavy atom. The first-order chi connectivity index (χ1) is 10.2. The lowest BCUT2D eigenvalue weighted by Gasteiger charge is -2.05. The molecule has 106 valence electrons. The van der Waals surface area contributed by atoms with Gasteiger partial charge in [-0.1, -0.05) is 5.21 Å². The van der Waals surface area contributed by atoms with E-state index in [-0.39, 0.29) is 0 Å². The second kappa shape index (κ2) is 5.28. The first-order valence-electron chi connectivity index (χ1n) is 6.60. The van der Waals surface area contributed by atoms with Crippen LogP contribution in [-0.4, -0.2) is 22.1 Å². The molecule has 2 N–H and O–H groups in total. The van der Waals surface area contributed by atoms with E-state index in [4.69, 9.17) is 10.5 Å². The molecule has 0 amide bonds. The molecule has 0 atom stereocenters. The molecule has 0 aliphatic rings. The van der Waals surface area contributed by atoms with Crippen molar-refractivity contribution in [1.82, 2.24) is 15.0 Å². The van der Waals surface area contributed by atoms with Crippen molar-refractivity contribution in [2.75, 3.05) is 12.8 Å². The molecule has 0 fully saturated rings. The van der Waals surface area contributed by atoms with Crippen molar-refractivity contribution >= 4 is 5.69 Å². The van der Waals surface area contributed by atoms with Crippen LogP contribution in [-0.2, 0) is 0 Å². The van der Waals surface area contributed by atoms with Gasteiger partial charge >= 0.3 is 0 Å². The van der Waals surface area contributed by atoms with Gasteiger partial charge in [-0.15, -0.1) is 5.10 Å². The van der Waals surface area contributed by atoms with E-state index < -0.39 is 0 Å². The Balaban J connectivity index is 1.96. The van der Waals surface area contributed by atoms with Crippen molar-refractivity contribution in [3.05, 3.63) is 54.2 Å². The molecule has 2 aromatic carbocycles. The maximum atomic E-state index is 5.69. The number of aryl methyl sites for hydroxylation is 1. The molecule has 1 heterocycles. The van der Waals surface area contributed by atoms with Gasteiger partial charge in [0.2, 0.25) is 0 Å². The summed E-state index contributed by atoms with van der Waals surface area (Å²) in [6.07, 6.45) is 1.90. The average Bonchev–Trinajstić information content (AvgIpc) is 2.97. The molecule has 0 saturated carbocycles. The van der Waals surface area contributed by atoms with Gasteiger partial charge in [-0.3, -0.25) is 0 Å². The lowest BCUT2D eigenvalue weighted by atomic mass is 10.1. The Morgan fingerprint density at radius 2 is 1.86 bits per heavy atom. The lowest BCUT2D eigenvalue weighted by Crippen LogP contribution is -1.95.